The third kappa shape index (κ3) is 3.42. The van der Waals surface area contributed by atoms with Gasteiger partial charge in [0.1, 0.15) is 4.47 Å². The van der Waals surface area contributed by atoms with Gasteiger partial charge in [0, 0.05) is 17.6 Å². The van der Waals surface area contributed by atoms with Crippen LogP contribution in [0.3, 0.4) is 0 Å². The Balaban J connectivity index is 2.19. The van der Waals surface area contributed by atoms with Gasteiger partial charge in [0.15, 0.2) is 0 Å². The van der Waals surface area contributed by atoms with Crippen molar-refractivity contribution < 1.29 is 4.92 Å². The molecule has 4 nitrogen and oxygen atoms in total. The number of nitro benzene ring substituents is 1. The number of anilines is 1. The minimum atomic E-state index is -0.428. The Hall–Kier alpha value is -1.30. The van der Waals surface area contributed by atoms with Crippen molar-refractivity contribution in [2.24, 2.45) is 0 Å². The molecule has 0 aliphatic heterocycles. The van der Waals surface area contributed by atoms with Gasteiger partial charge >= 0.3 is 0 Å². The maximum atomic E-state index is 10.9. The molecule has 0 amide bonds. The minimum absolute atomic E-state index is 0.0338. The molecule has 20 heavy (non-hydrogen) atoms. The molecule has 2 aromatic rings. The summed E-state index contributed by atoms with van der Waals surface area (Å²) in [5, 5.41) is 15.0. The minimum Gasteiger partial charge on any atom is -0.380 e. The van der Waals surface area contributed by atoms with Crippen molar-refractivity contribution in [3.8, 4) is 0 Å². The molecule has 2 rings (SSSR count). The average molecular weight is 376 g/mol. The summed E-state index contributed by atoms with van der Waals surface area (Å²) in [7, 11) is 0. The predicted molar refractivity (Wildman–Crippen MR) is 84.6 cm³/mol. The van der Waals surface area contributed by atoms with E-state index in [-0.39, 0.29) is 5.69 Å². The van der Waals surface area contributed by atoms with E-state index in [9.17, 15) is 10.1 Å². The van der Waals surface area contributed by atoms with Crippen LogP contribution in [0.15, 0.2) is 40.9 Å². The normalized spacial score (nSPS) is 10.3. The second kappa shape index (κ2) is 6.43. The van der Waals surface area contributed by atoms with Gasteiger partial charge in [-0.3, -0.25) is 10.1 Å². The summed E-state index contributed by atoms with van der Waals surface area (Å²) >= 11 is 15.1. The quantitative estimate of drug-likeness (QED) is 0.584. The van der Waals surface area contributed by atoms with Gasteiger partial charge in [-0.2, -0.15) is 0 Å². The molecule has 0 aromatic heterocycles. The molecule has 7 heteroatoms. The molecule has 1 N–H and O–H groups in total. The third-order valence-corrected chi connectivity index (χ3v) is 4.12. The van der Waals surface area contributed by atoms with Crippen LogP contribution >= 0.6 is 39.1 Å². The van der Waals surface area contributed by atoms with Crippen LogP contribution in [0.1, 0.15) is 5.56 Å². The van der Waals surface area contributed by atoms with E-state index in [1.54, 1.807) is 30.3 Å². The van der Waals surface area contributed by atoms with E-state index in [1.807, 2.05) is 0 Å². The number of nitro groups is 1. The van der Waals surface area contributed by atoms with Crippen molar-refractivity contribution >= 4 is 50.5 Å². The summed E-state index contributed by atoms with van der Waals surface area (Å²) in [6.07, 6.45) is 0. The van der Waals surface area contributed by atoms with Crippen molar-refractivity contribution in [2.45, 2.75) is 6.54 Å². The number of nitrogens with one attached hydrogen (secondary N) is 1. The number of hydrogen-bond donors (Lipinski definition) is 1. The van der Waals surface area contributed by atoms with E-state index in [4.69, 9.17) is 23.2 Å². The lowest BCUT2D eigenvalue weighted by molar-refractivity contribution is -0.385. The van der Waals surface area contributed by atoms with Gasteiger partial charge in [0.2, 0.25) is 0 Å². The highest BCUT2D eigenvalue weighted by atomic mass is 79.9. The van der Waals surface area contributed by atoms with E-state index in [0.717, 1.165) is 11.3 Å². The summed E-state index contributed by atoms with van der Waals surface area (Å²) in [6, 6.07) is 10.0. The van der Waals surface area contributed by atoms with Crippen LogP contribution < -0.4 is 5.32 Å². The van der Waals surface area contributed by atoms with Crippen molar-refractivity contribution in [3.05, 3.63) is 66.6 Å². The Morgan fingerprint density at radius 1 is 1.25 bits per heavy atom. The zero-order valence-electron chi connectivity index (χ0n) is 10.1. The maximum Gasteiger partial charge on any atom is 0.283 e. The number of hydrogen-bond acceptors (Lipinski definition) is 3. The molecule has 0 unspecified atom stereocenters. The first kappa shape index (κ1) is 15.1. The van der Waals surface area contributed by atoms with Crippen LogP contribution in [-0.4, -0.2) is 4.92 Å². The maximum absolute atomic E-state index is 10.9. The SMILES string of the molecule is O=[N+]([O-])c1cccc(CNc2ccc(Cl)cc2Cl)c1Br. The summed E-state index contributed by atoms with van der Waals surface area (Å²) in [5.41, 5.74) is 1.52. The van der Waals surface area contributed by atoms with E-state index < -0.39 is 4.92 Å². The molecule has 104 valence electrons. The molecular weight excluding hydrogens is 367 g/mol. The molecule has 0 aliphatic carbocycles. The van der Waals surface area contributed by atoms with Crippen molar-refractivity contribution in [3.63, 3.8) is 0 Å². The second-order valence-electron chi connectivity index (χ2n) is 3.99. The molecule has 0 radical (unpaired) electrons. The number of benzene rings is 2. The second-order valence-corrected chi connectivity index (χ2v) is 5.62. The van der Waals surface area contributed by atoms with Crippen LogP contribution in [-0.2, 0) is 6.54 Å². The lowest BCUT2D eigenvalue weighted by atomic mass is 10.2. The molecule has 0 saturated carbocycles. The van der Waals surface area contributed by atoms with Crippen LogP contribution in [0.25, 0.3) is 0 Å². The molecular formula is C13H9BrCl2N2O2. The first-order valence-electron chi connectivity index (χ1n) is 5.59. The monoisotopic (exact) mass is 374 g/mol. The van der Waals surface area contributed by atoms with E-state index in [2.05, 4.69) is 21.2 Å². The molecule has 0 heterocycles. The fourth-order valence-corrected chi connectivity index (χ4v) is 2.69. The largest absolute Gasteiger partial charge is 0.380 e. The van der Waals surface area contributed by atoms with E-state index >= 15 is 0 Å². The van der Waals surface area contributed by atoms with Gasteiger partial charge in [0.25, 0.3) is 5.69 Å². The molecule has 0 fully saturated rings. The Morgan fingerprint density at radius 2 is 2.00 bits per heavy atom. The van der Waals surface area contributed by atoms with Gasteiger partial charge in [-0.1, -0.05) is 35.3 Å². The summed E-state index contributed by atoms with van der Waals surface area (Å²) in [5.74, 6) is 0. The van der Waals surface area contributed by atoms with Crippen molar-refractivity contribution in [1.82, 2.24) is 0 Å². The van der Waals surface area contributed by atoms with Crippen LogP contribution in [0.2, 0.25) is 10.0 Å². The summed E-state index contributed by atoms with van der Waals surface area (Å²) in [6.45, 7) is 0.406. The zero-order valence-corrected chi connectivity index (χ0v) is 13.2. The standard InChI is InChI=1S/C13H9BrCl2N2O2/c14-13-8(2-1-3-12(13)18(19)20)7-17-11-5-4-9(15)6-10(11)16/h1-6,17H,7H2. The molecule has 0 bridgehead atoms. The lowest BCUT2D eigenvalue weighted by Gasteiger charge is -2.10. The Kier molecular flexibility index (Phi) is 4.86. The summed E-state index contributed by atoms with van der Waals surface area (Å²) < 4.78 is 0.461. The van der Waals surface area contributed by atoms with Crippen LogP contribution in [0.4, 0.5) is 11.4 Å². The number of nitrogens with zero attached hydrogens (tertiary/aromatic N) is 1. The Morgan fingerprint density at radius 3 is 2.65 bits per heavy atom. The van der Waals surface area contributed by atoms with Crippen molar-refractivity contribution in [2.75, 3.05) is 5.32 Å². The zero-order chi connectivity index (χ0) is 14.7. The predicted octanol–water partition coefficient (Wildman–Crippen LogP) is 5.28. The van der Waals surface area contributed by atoms with Gasteiger partial charge < -0.3 is 5.32 Å². The van der Waals surface area contributed by atoms with Gasteiger partial charge in [-0.05, 0) is 39.7 Å². The van der Waals surface area contributed by atoms with Gasteiger partial charge in [-0.25, -0.2) is 0 Å². The average Bonchev–Trinajstić information content (AvgIpc) is 2.39. The fraction of sp³-hybridized carbons (Fsp3) is 0.0769. The van der Waals surface area contributed by atoms with E-state index in [1.165, 1.54) is 6.07 Å². The fourth-order valence-electron chi connectivity index (χ4n) is 1.67. The first-order valence-corrected chi connectivity index (χ1v) is 7.14. The highest BCUT2D eigenvalue weighted by Crippen LogP contribution is 2.30. The van der Waals surface area contributed by atoms with Gasteiger partial charge in [-0.15, -0.1) is 0 Å². The van der Waals surface area contributed by atoms with E-state index in [0.29, 0.717) is 21.1 Å². The number of halogens is 3. The summed E-state index contributed by atoms with van der Waals surface area (Å²) in [4.78, 5) is 10.4. The molecule has 0 spiro atoms. The number of rotatable bonds is 4. The molecule has 0 saturated heterocycles. The van der Waals surface area contributed by atoms with Crippen LogP contribution in [0, 0.1) is 10.1 Å². The highest BCUT2D eigenvalue weighted by molar-refractivity contribution is 9.10. The smallest absolute Gasteiger partial charge is 0.283 e. The van der Waals surface area contributed by atoms with Gasteiger partial charge in [0.05, 0.1) is 15.6 Å². The van der Waals surface area contributed by atoms with Crippen molar-refractivity contribution in [1.29, 1.82) is 0 Å². The Labute approximate surface area is 134 Å². The lowest BCUT2D eigenvalue weighted by Crippen LogP contribution is -2.02. The molecule has 2 aromatic carbocycles. The first-order chi connectivity index (χ1) is 9.49. The molecule has 0 atom stereocenters. The Bertz CT molecular complexity index is 665. The topological polar surface area (TPSA) is 55.2 Å². The highest BCUT2D eigenvalue weighted by Gasteiger charge is 2.14. The van der Waals surface area contributed by atoms with Crippen LogP contribution in [0.5, 0.6) is 0 Å². The molecule has 0 aliphatic rings. The third-order valence-electron chi connectivity index (χ3n) is 2.66.